The van der Waals surface area contributed by atoms with Gasteiger partial charge in [0.2, 0.25) is 0 Å². The first-order valence-corrected chi connectivity index (χ1v) is 11.8. The van der Waals surface area contributed by atoms with Crippen molar-refractivity contribution in [3.63, 3.8) is 0 Å². The highest BCUT2D eigenvalue weighted by Crippen LogP contribution is 2.67. The van der Waals surface area contributed by atoms with Gasteiger partial charge in [-0.1, -0.05) is 19.9 Å². The maximum Gasteiger partial charge on any atom is 0.259 e. The second-order valence-electron chi connectivity index (χ2n) is 9.89. The molecule has 9 heteroatoms. The summed E-state index contributed by atoms with van der Waals surface area (Å²) in [5, 5.41) is 19.4. The average molecular weight is 480 g/mol. The number of hydrogen-bond acceptors (Lipinski definition) is 6. The minimum absolute atomic E-state index is 0.0557. The molecule has 2 bridgehead atoms. The Labute approximate surface area is 202 Å². The molecule has 2 aliphatic rings. The minimum Gasteiger partial charge on any atom is -0.376 e. The number of aliphatic hydroxyl groups is 1. The Hall–Kier alpha value is -3.33. The fraction of sp³-hybridized carbons (Fsp3) is 0.423. The summed E-state index contributed by atoms with van der Waals surface area (Å²) in [6.45, 7) is 6.87. The third kappa shape index (κ3) is 3.43. The van der Waals surface area contributed by atoms with E-state index in [1.807, 2.05) is 6.92 Å². The van der Waals surface area contributed by atoms with E-state index >= 15 is 0 Å². The number of likely N-dealkylation sites (N-methyl/N-ethyl adjacent to an activating group) is 1. The van der Waals surface area contributed by atoms with Gasteiger partial charge in [0, 0.05) is 30.9 Å². The number of hydrogen-bond donors (Lipinski definition) is 1. The molecule has 182 valence electrons. The Balaban J connectivity index is 1.52. The number of carbonyl (C=O) groups is 1. The lowest BCUT2D eigenvalue weighted by Crippen LogP contribution is -2.49. The number of aliphatic hydroxyl groups excluding tert-OH is 1. The monoisotopic (exact) mass is 479 g/mol. The van der Waals surface area contributed by atoms with Gasteiger partial charge in [-0.05, 0) is 60.9 Å². The summed E-state index contributed by atoms with van der Waals surface area (Å²) in [5.41, 5.74) is 0.875. The summed E-state index contributed by atoms with van der Waals surface area (Å²) in [6.07, 6.45) is 3.16. The van der Waals surface area contributed by atoms with Crippen LogP contribution >= 0.6 is 0 Å². The van der Waals surface area contributed by atoms with Crippen molar-refractivity contribution in [3.8, 4) is 11.3 Å². The van der Waals surface area contributed by atoms with Gasteiger partial charge in [0.15, 0.2) is 11.9 Å². The number of halogens is 2. The molecule has 5 rings (SSSR count). The van der Waals surface area contributed by atoms with Gasteiger partial charge >= 0.3 is 0 Å². The predicted molar refractivity (Wildman–Crippen MR) is 124 cm³/mol. The molecule has 35 heavy (non-hydrogen) atoms. The molecule has 1 saturated carbocycles. The first kappa shape index (κ1) is 23.4. The quantitative estimate of drug-likeness (QED) is 0.576. The van der Waals surface area contributed by atoms with Crippen molar-refractivity contribution in [2.24, 2.45) is 5.41 Å². The number of rotatable bonds is 6. The van der Waals surface area contributed by atoms with Gasteiger partial charge in [-0.2, -0.15) is 10.2 Å². The summed E-state index contributed by atoms with van der Waals surface area (Å²) in [6, 6.07) is 7.10. The first-order chi connectivity index (χ1) is 16.7. The number of aromatic nitrogens is 4. The van der Waals surface area contributed by atoms with Gasteiger partial charge in [-0.25, -0.2) is 18.7 Å². The van der Waals surface area contributed by atoms with E-state index in [1.54, 1.807) is 17.0 Å². The number of fused-ring (bicyclic) bond motifs is 5. The lowest BCUT2D eigenvalue weighted by Gasteiger charge is -2.41. The summed E-state index contributed by atoms with van der Waals surface area (Å²) < 4.78 is 28.9. The van der Waals surface area contributed by atoms with Gasteiger partial charge in [0.1, 0.15) is 11.6 Å². The van der Waals surface area contributed by atoms with Crippen LogP contribution in [0, 0.1) is 17.0 Å². The second kappa shape index (κ2) is 8.41. The molecular weight excluding hydrogens is 452 g/mol. The Kier molecular flexibility index (Phi) is 5.62. The van der Waals surface area contributed by atoms with Crippen molar-refractivity contribution >= 4 is 5.91 Å². The van der Waals surface area contributed by atoms with E-state index < -0.39 is 29.1 Å². The molecule has 1 aromatic carbocycles. The van der Waals surface area contributed by atoms with Crippen molar-refractivity contribution < 1.29 is 18.7 Å². The second-order valence-corrected chi connectivity index (χ2v) is 9.89. The van der Waals surface area contributed by atoms with E-state index in [1.165, 1.54) is 30.6 Å². The zero-order valence-corrected chi connectivity index (χ0v) is 19.9. The third-order valence-corrected chi connectivity index (χ3v) is 8.05. The first-order valence-electron chi connectivity index (χ1n) is 11.8. The molecular formula is C26H27F2N5O2. The molecule has 2 aromatic heterocycles. The van der Waals surface area contributed by atoms with Crippen molar-refractivity contribution in [1.82, 2.24) is 25.1 Å². The summed E-state index contributed by atoms with van der Waals surface area (Å²) in [7, 11) is 0. The highest BCUT2D eigenvalue weighted by molar-refractivity contribution is 5.81. The van der Waals surface area contributed by atoms with Crippen molar-refractivity contribution in [3.05, 3.63) is 71.4 Å². The molecule has 0 unspecified atom stereocenters. The molecule has 2 heterocycles. The highest BCUT2D eigenvalue weighted by Gasteiger charge is 2.64. The van der Waals surface area contributed by atoms with Crippen LogP contribution in [0.2, 0.25) is 0 Å². The van der Waals surface area contributed by atoms with Crippen LogP contribution in [0.5, 0.6) is 0 Å². The Morgan fingerprint density at radius 2 is 1.86 bits per heavy atom. The summed E-state index contributed by atoms with van der Waals surface area (Å²) in [5.74, 6) is -1.68. The predicted octanol–water partition coefficient (Wildman–Crippen LogP) is 3.95. The van der Waals surface area contributed by atoms with Crippen LogP contribution in [0.4, 0.5) is 8.78 Å². The van der Waals surface area contributed by atoms with Crippen LogP contribution < -0.4 is 0 Å². The van der Waals surface area contributed by atoms with E-state index in [4.69, 9.17) is 0 Å². The standard InChI is InChI=1S/C26H27F2N5O2/c1-4-33(24(35)21(34)23-29-11-6-12-30-23)14-26-10-9-16(25(26,2)3)15-13-19(31-32-22(15)26)20-17(27)7-5-8-18(20)28/h5-8,11-13,16,21,34H,4,9-10,14H2,1-3H3/t16-,21+,26-/m0/s1. The molecule has 7 nitrogen and oxygen atoms in total. The van der Waals surface area contributed by atoms with Crippen LogP contribution in [0.25, 0.3) is 11.3 Å². The average Bonchev–Trinajstić information content (AvgIpc) is 3.21. The molecule has 3 aromatic rings. The van der Waals surface area contributed by atoms with Gasteiger partial charge in [0.25, 0.3) is 5.91 Å². The largest absolute Gasteiger partial charge is 0.376 e. The van der Waals surface area contributed by atoms with E-state index in [0.29, 0.717) is 13.1 Å². The molecule has 0 spiro atoms. The summed E-state index contributed by atoms with van der Waals surface area (Å²) >= 11 is 0. The summed E-state index contributed by atoms with van der Waals surface area (Å²) in [4.78, 5) is 22.9. The molecule has 0 aliphatic heterocycles. The topological polar surface area (TPSA) is 92.1 Å². The molecule has 1 N–H and O–H groups in total. The maximum atomic E-state index is 14.4. The van der Waals surface area contributed by atoms with Gasteiger partial charge in [-0.3, -0.25) is 4.79 Å². The Morgan fingerprint density at radius 3 is 2.51 bits per heavy atom. The number of carbonyl (C=O) groups excluding carboxylic acids is 1. The van der Waals surface area contributed by atoms with Crippen molar-refractivity contribution in [1.29, 1.82) is 0 Å². The smallest absolute Gasteiger partial charge is 0.259 e. The van der Waals surface area contributed by atoms with Gasteiger partial charge < -0.3 is 10.0 Å². The Bertz CT molecular complexity index is 1270. The molecule has 2 aliphatic carbocycles. The van der Waals surface area contributed by atoms with Crippen molar-refractivity contribution in [2.45, 2.75) is 51.0 Å². The number of amides is 1. The van der Waals surface area contributed by atoms with Crippen LogP contribution in [-0.2, 0) is 10.2 Å². The SMILES string of the molecule is CCN(C[C@@]12CC[C@@H](c3cc(-c4c(F)cccc4F)nnc31)C2(C)C)C(=O)[C@H](O)c1ncccn1. The zero-order valence-electron chi connectivity index (χ0n) is 19.9. The molecule has 1 fully saturated rings. The number of nitrogens with zero attached hydrogens (tertiary/aromatic N) is 5. The lowest BCUT2D eigenvalue weighted by atomic mass is 9.68. The molecule has 0 saturated heterocycles. The fourth-order valence-electron chi connectivity index (χ4n) is 6.05. The van der Waals surface area contributed by atoms with Crippen LogP contribution in [0.15, 0.2) is 42.7 Å². The van der Waals surface area contributed by atoms with E-state index in [2.05, 4.69) is 34.0 Å². The molecule has 0 radical (unpaired) electrons. The van der Waals surface area contributed by atoms with E-state index in [0.717, 1.165) is 24.1 Å². The Morgan fingerprint density at radius 1 is 1.17 bits per heavy atom. The van der Waals surface area contributed by atoms with E-state index in [9.17, 15) is 18.7 Å². The fourth-order valence-corrected chi connectivity index (χ4v) is 6.05. The van der Waals surface area contributed by atoms with Crippen LogP contribution in [0.1, 0.15) is 62.7 Å². The minimum atomic E-state index is -1.47. The van der Waals surface area contributed by atoms with Gasteiger partial charge in [0.05, 0.1) is 17.0 Å². The zero-order chi connectivity index (χ0) is 25.0. The van der Waals surface area contributed by atoms with Crippen molar-refractivity contribution in [2.75, 3.05) is 13.1 Å². The third-order valence-electron chi connectivity index (χ3n) is 8.05. The maximum absolute atomic E-state index is 14.4. The lowest BCUT2D eigenvalue weighted by molar-refractivity contribution is -0.142. The van der Waals surface area contributed by atoms with Crippen LogP contribution in [-0.4, -0.2) is 49.2 Å². The van der Waals surface area contributed by atoms with Crippen LogP contribution in [0.3, 0.4) is 0 Å². The molecule has 1 amide bonds. The molecule has 3 atom stereocenters. The highest BCUT2D eigenvalue weighted by atomic mass is 19.1. The normalized spacial score (nSPS) is 22.6. The van der Waals surface area contributed by atoms with Gasteiger partial charge in [-0.15, -0.1) is 0 Å². The van der Waals surface area contributed by atoms with E-state index in [-0.39, 0.29) is 28.4 Å². The number of benzene rings is 1.